The van der Waals surface area contributed by atoms with Crippen molar-refractivity contribution in [2.24, 2.45) is 0 Å². The van der Waals surface area contributed by atoms with Gasteiger partial charge in [-0.05, 0) is 38.6 Å². The Balaban J connectivity index is 2.03. The monoisotopic (exact) mass is 416 g/mol. The third kappa shape index (κ3) is 4.32. The SMILES string of the molecule is CSc1cccc2sc(N(CCN(C)C)C(=O)c3cccc([N+](=O)[O-])c3)nc12. The number of non-ortho nitro benzene ring substituents is 1. The number of carbonyl (C=O) groups is 1. The van der Waals surface area contributed by atoms with Crippen LogP contribution in [0.1, 0.15) is 10.4 Å². The smallest absolute Gasteiger partial charge is 0.270 e. The van der Waals surface area contributed by atoms with E-state index in [0.29, 0.717) is 18.2 Å². The predicted molar refractivity (Wildman–Crippen MR) is 115 cm³/mol. The molecule has 0 radical (unpaired) electrons. The maximum Gasteiger partial charge on any atom is 0.270 e. The Bertz CT molecular complexity index is 1020. The largest absolute Gasteiger partial charge is 0.308 e. The topological polar surface area (TPSA) is 79.6 Å². The first-order valence-electron chi connectivity index (χ1n) is 8.55. The van der Waals surface area contributed by atoms with Crippen molar-refractivity contribution >= 4 is 50.0 Å². The molecule has 7 nitrogen and oxygen atoms in total. The molecule has 1 aromatic heterocycles. The molecule has 28 heavy (non-hydrogen) atoms. The molecule has 0 atom stereocenters. The predicted octanol–water partition coefficient (Wildman–Crippen LogP) is 4.13. The summed E-state index contributed by atoms with van der Waals surface area (Å²) in [7, 11) is 3.86. The standard InChI is InChI=1S/C19H20N4O3S2/c1-21(2)10-11-22(18(24)13-6-4-7-14(12-13)23(25)26)19-20-17-15(27-3)8-5-9-16(17)28-19/h4-9,12H,10-11H2,1-3H3. The van der Waals surface area contributed by atoms with Crippen LogP contribution in [-0.4, -0.2) is 54.2 Å². The van der Waals surface area contributed by atoms with Crippen molar-refractivity contribution in [1.29, 1.82) is 0 Å². The number of nitro benzene ring substituents is 1. The maximum absolute atomic E-state index is 13.2. The highest BCUT2D eigenvalue weighted by molar-refractivity contribution is 7.98. The van der Waals surface area contributed by atoms with Gasteiger partial charge in [-0.3, -0.25) is 19.8 Å². The van der Waals surface area contributed by atoms with Crippen LogP contribution in [0, 0.1) is 10.1 Å². The minimum absolute atomic E-state index is 0.104. The summed E-state index contributed by atoms with van der Waals surface area (Å²) in [6.07, 6.45) is 1.99. The van der Waals surface area contributed by atoms with E-state index >= 15 is 0 Å². The van der Waals surface area contributed by atoms with Crippen LogP contribution in [-0.2, 0) is 0 Å². The Morgan fingerprint density at radius 3 is 2.64 bits per heavy atom. The molecule has 0 fully saturated rings. The fourth-order valence-corrected chi connectivity index (χ4v) is 4.33. The average molecular weight is 417 g/mol. The number of nitro groups is 1. The van der Waals surface area contributed by atoms with Crippen molar-refractivity contribution in [2.45, 2.75) is 4.90 Å². The number of rotatable bonds is 7. The summed E-state index contributed by atoms with van der Waals surface area (Å²) in [5.74, 6) is -0.296. The first-order valence-corrected chi connectivity index (χ1v) is 10.6. The number of hydrogen-bond acceptors (Lipinski definition) is 7. The van der Waals surface area contributed by atoms with Crippen LogP contribution < -0.4 is 4.90 Å². The van der Waals surface area contributed by atoms with Crippen molar-refractivity contribution in [2.75, 3.05) is 38.3 Å². The zero-order valence-corrected chi connectivity index (χ0v) is 17.4. The van der Waals surface area contributed by atoms with Gasteiger partial charge >= 0.3 is 0 Å². The first kappa shape index (κ1) is 20.2. The summed E-state index contributed by atoms with van der Waals surface area (Å²) in [6.45, 7) is 1.08. The van der Waals surface area contributed by atoms with E-state index in [4.69, 9.17) is 4.98 Å². The van der Waals surface area contributed by atoms with Gasteiger partial charge in [0.1, 0.15) is 0 Å². The molecule has 0 aliphatic heterocycles. The lowest BCUT2D eigenvalue weighted by molar-refractivity contribution is -0.384. The second-order valence-corrected chi connectivity index (χ2v) is 8.23. The van der Waals surface area contributed by atoms with Gasteiger partial charge in [-0.2, -0.15) is 0 Å². The molecule has 3 rings (SSSR count). The number of benzene rings is 2. The molecule has 3 aromatic rings. The van der Waals surface area contributed by atoms with Crippen molar-refractivity contribution in [3.63, 3.8) is 0 Å². The number of anilines is 1. The second kappa shape index (κ2) is 8.68. The Hall–Kier alpha value is -2.49. The van der Waals surface area contributed by atoms with Crippen LogP contribution in [0.5, 0.6) is 0 Å². The molecular weight excluding hydrogens is 396 g/mol. The third-order valence-corrected chi connectivity index (χ3v) is 5.95. The molecule has 146 valence electrons. The normalized spacial score (nSPS) is 11.1. The first-order chi connectivity index (χ1) is 13.4. The molecule has 0 N–H and O–H groups in total. The molecule has 0 saturated carbocycles. The number of para-hydroxylation sites is 1. The number of amides is 1. The summed E-state index contributed by atoms with van der Waals surface area (Å²) in [4.78, 5) is 33.1. The lowest BCUT2D eigenvalue weighted by Crippen LogP contribution is -2.36. The average Bonchev–Trinajstić information content (AvgIpc) is 3.11. The Morgan fingerprint density at radius 1 is 1.21 bits per heavy atom. The van der Waals surface area contributed by atoms with Gasteiger partial charge in [0, 0.05) is 35.7 Å². The van der Waals surface area contributed by atoms with Gasteiger partial charge in [-0.25, -0.2) is 4.98 Å². The van der Waals surface area contributed by atoms with Gasteiger partial charge < -0.3 is 4.90 Å². The Kier molecular flexibility index (Phi) is 6.28. The summed E-state index contributed by atoms with van der Waals surface area (Å²) < 4.78 is 1.00. The molecular formula is C19H20N4O3S2. The van der Waals surface area contributed by atoms with E-state index in [2.05, 4.69) is 0 Å². The molecule has 0 aliphatic carbocycles. The van der Waals surface area contributed by atoms with E-state index in [0.717, 1.165) is 15.1 Å². The number of aromatic nitrogens is 1. The number of likely N-dealkylation sites (N-methyl/N-ethyl adjacent to an activating group) is 1. The van der Waals surface area contributed by atoms with Crippen LogP contribution in [0.3, 0.4) is 0 Å². The Labute approximate surface area is 171 Å². The van der Waals surface area contributed by atoms with Crippen molar-refractivity contribution in [3.8, 4) is 0 Å². The molecule has 0 unspecified atom stereocenters. The number of hydrogen-bond donors (Lipinski definition) is 0. The van der Waals surface area contributed by atoms with E-state index in [-0.39, 0.29) is 17.2 Å². The quantitative estimate of drug-likeness (QED) is 0.327. The van der Waals surface area contributed by atoms with Crippen LogP contribution in [0.15, 0.2) is 47.4 Å². The third-order valence-electron chi connectivity index (χ3n) is 4.14. The molecule has 9 heteroatoms. The van der Waals surface area contributed by atoms with Gasteiger partial charge in [0.15, 0.2) is 5.13 Å². The van der Waals surface area contributed by atoms with E-state index in [1.54, 1.807) is 22.7 Å². The summed E-state index contributed by atoms with van der Waals surface area (Å²) >= 11 is 3.06. The molecule has 1 amide bonds. The van der Waals surface area contributed by atoms with Crippen molar-refractivity contribution in [3.05, 3.63) is 58.1 Å². The van der Waals surface area contributed by atoms with Gasteiger partial charge in [0.2, 0.25) is 0 Å². The van der Waals surface area contributed by atoms with Crippen molar-refractivity contribution < 1.29 is 9.72 Å². The highest BCUT2D eigenvalue weighted by atomic mass is 32.2. The lowest BCUT2D eigenvalue weighted by Gasteiger charge is -2.22. The van der Waals surface area contributed by atoms with Crippen LogP contribution >= 0.6 is 23.1 Å². The number of carbonyl (C=O) groups excluding carboxylic acids is 1. The molecule has 0 saturated heterocycles. The van der Waals surface area contributed by atoms with Gasteiger partial charge in [0.25, 0.3) is 11.6 Å². The fraction of sp³-hybridized carbons (Fsp3) is 0.263. The maximum atomic E-state index is 13.2. The molecule has 1 heterocycles. The number of thiazole rings is 1. The molecule has 0 bridgehead atoms. The zero-order chi connectivity index (χ0) is 20.3. The summed E-state index contributed by atoms with van der Waals surface area (Å²) in [5, 5.41) is 11.7. The highest BCUT2D eigenvalue weighted by Crippen LogP contribution is 2.34. The molecule has 0 aliphatic rings. The lowest BCUT2D eigenvalue weighted by atomic mass is 10.2. The van der Waals surface area contributed by atoms with E-state index in [1.807, 2.05) is 43.5 Å². The van der Waals surface area contributed by atoms with E-state index in [1.165, 1.54) is 29.5 Å². The van der Waals surface area contributed by atoms with Gasteiger partial charge in [-0.15, -0.1) is 11.8 Å². The number of thioether (sulfide) groups is 1. The molecule has 0 spiro atoms. The highest BCUT2D eigenvalue weighted by Gasteiger charge is 2.23. The van der Waals surface area contributed by atoms with Gasteiger partial charge in [-0.1, -0.05) is 23.5 Å². The van der Waals surface area contributed by atoms with E-state index < -0.39 is 4.92 Å². The van der Waals surface area contributed by atoms with Crippen LogP contribution in [0.25, 0.3) is 10.2 Å². The Morgan fingerprint density at radius 2 is 1.96 bits per heavy atom. The number of nitrogens with zero attached hydrogens (tertiary/aromatic N) is 4. The molecule has 2 aromatic carbocycles. The van der Waals surface area contributed by atoms with E-state index in [9.17, 15) is 14.9 Å². The van der Waals surface area contributed by atoms with Crippen LogP contribution in [0.4, 0.5) is 10.8 Å². The second-order valence-electron chi connectivity index (χ2n) is 6.37. The minimum atomic E-state index is -0.497. The minimum Gasteiger partial charge on any atom is -0.308 e. The number of fused-ring (bicyclic) bond motifs is 1. The van der Waals surface area contributed by atoms with Crippen LogP contribution in [0.2, 0.25) is 0 Å². The van der Waals surface area contributed by atoms with Crippen molar-refractivity contribution in [1.82, 2.24) is 9.88 Å². The summed E-state index contributed by atoms with van der Waals surface area (Å²) in [5.41, 5.74) is 1.04. The van der Waals surface area contributed by atoms with Gasteiger partial charge in [0.05, 0.1) is 15.1 Å². The summed E-state index contributed by atoms with van der Waals surface area (Å²) in [6, 6.07) is 11.8. The zero-order valence-electron chi connectivity index (χ0n) is 15.8. The fourth-order valence-electron chi connectivity index (χ4n) is 2.68.